The van der Waals surface area contributed by atoms with Gasteiger partial charge in [-0.1, -0.05) is 60.7 Å². The van der Waals surface area contributed by atoms with Crippen molar-refractivity contribution in [1.82, 2.24) is 9.80 Å². The number of phenols is 1. The second kappa shape index (κ2) is 8.96. The van der Waals surface area contributed by atoms with Gasteiger partial charge in [0, 0.05) is 56.6 Å². The van der Waals surface area contributed by atoms with E-state index in [2.05, 4.69) is 58.3 Å². The number of hydrogen-bond acceptors (Lipinski definition) is 4. The molecule has 2 heterocycles. The molecule has 0 aliphatic carbocycles. The van der Waals surface area contributed by atoms with E-state index >= 15 is 0 Å². The van der Waals surface area contributed by atoms with Gasteiger partial charge in [0.2, 0.25) is 0 Å². The van der Waals surface area contributed by atoms with Crippen molar-refractivity contribution in [3.05, 3.63) is 101 Å². The van der Waals surface area contributed by atoms with Crippen LogP contribution >= 0.6 is 0 Å². The molecule has 0 amide bonds. The summed E-state index contributed by atoms with van der Waals surface area (Å²) < 4.78 is 6.10. The molecule has 1 N–H and O–H groups in total. The van der Waals surface area contributed by atoms with Crippen LogP contribution in [-0.2, 0) is 19.5 Å². The standard InChI is InChI=1S/C27H28N2O2/c30-26-11-12-27-24(18-23(31-27)17-21-7-3-1-4-8-21)25(26)20-29-15-13-28(14-16-29)19-22-9-5-2-6-10-22/h1-12,18,30H,13-17,19-20H2. The number of phenolic OH excluding ortho intramolecular Hbond substituents is 1. The Labute approximate surface area is 183 Å². The summed E-state index contributed by atoms with van der Waals surface area (Å²) in [5.41, 5.74) is 4.41. The average Bonchev–Trinajstić information content (AvgIpc) is 3.21. The maximum absolute atomic E-state index is 10.6. The lowest BCUT2D eigenvalue weighted by molar-refractivity contribution is 0.121. The van der Waals surface area contributed by atoms with E-state index in [-0.39, 0.29) is 0 Å². The Morgan fingerprint density at radius 1 is 0.710 bits per heavy atom. The second-order valence-corrected chi connectivity index (χ2v) is 8.39. The first-order valence-corrected chi connectivity index (χ1v) is 11.0. The molecule has 3 aromatic carbocycles. The van der Waals surface area contributed by atoms with E-state index in [9.17, 15) is 5.11 Å². The first kappa shape index (κ1) is 19.9. The zero-order chi connectivity index (χ0) is 21.0. The number of aromatic hydroxyl groups is 1. The number of hydrogen-bond donors (Lipinski definition) is 1. The molecule has 1 aliphatic heterocycles. The van der Waals surface area contributed by atoms with E-state index in [1.54, 1.807) is 6.07 Å². The van der Waals surface area contributed by atoms with Crippen LogP contribution in [0.25, 0.3) is 11.0 Å². The first-order chi connectivity index (χ1) is 15.2. The van der Waals surface area contributed by atoms with Gasteiger partial charge in [-0.15, -0.1) is 0 Å². The quantitative estimate of drug-likeness (QED) is 0.481. The van der Waals surface area contributed by atoms with Crippen LogP contribution < -0.4 is 0 Å². The minimum atomic E-state index is 0.353. The largest absolute Gasteiger partial charge is 0.508 e. The maximum atomic E-state index is 10.6. The molecule has 4 heteroatoms. The van der Waals surface area contributed by atoms with Crippen molar-refractivity contribution in [3.8, 4) is 5.75 Å². The number of rotatable bonds is 6. The average molecular weight is 413 g/mol. The van der Waals surface area contributed by atoms with E-state index < -0.39 is 0 Å². The molecular formula is C27H28N2O2. The van der Waals surface area contributed by atoms with Crippen LogP contribution in [0.5, 0.6) is 5.75 Å². The van der Waals surface area contributed by atoms with Crippen molar-refractivity contribution in [2.45, 2.75) is 19.5 Å². The third-order valence-corrected chi connectivity index (χ3v) is 6.16. The molecule has 0 atom stereocenters. The molecule has 158 valence electrons. The van der Waals surface area contributed by atoms with E-state index in [1.807, 2.05) is 24.3 Å². The van der Waals surface area contributed by atoms with Crippen LogP contribution in [0.3, 0.4) is 0 Å². The fraction of sp³-hybridized carbons (Fsp3) is 0.259. The Morgan fingerprint density at radius 2 is 1.32 bits per heavy atom. The Morgan fingerprint density at radius 3 is 2.00 bits per heavy atom. The Balaban J connectivity index is 1.27. The zero-order valence-corrected chi connectivity index (χ0v) is 17.7. The van der Waals surface area contributed by atoms with Crippen LogP contribution in [0, 0.1) is 0 Å². The fourth-order valence-corrected chi connectivity index (χ4v) is 4.43. The Kier molecular flexibility index (Phi) is 5.74. The molecule has 5 rings (SSSR count). The van der Waals surface area contributed by atoms with Crippen molar-refractivity contribution >= 4 is 11.0 Å². The lowest BCUT2D eigenvalue weighted by Crippen LogP contribution is -2.45. The number of piperazine rings is 1. The predicted octanol–water partition coefficient (Wildman–Crippen LogP) is 5.05. The number of fused-ring (bicyclic) bond motifs is 1. The van der Waals surface area contributed by atoms with Crippen LogP contribution in [0.15, 0.2) is 83.3 Å². The van der Waals surface area contributed by atoms with Crippen LogP contribution in [-0.4, -0.2) is 41.1 Å². The minimum Gasteiger partial charge on any atom is -0.508 e. The maximum Gasteiger partial charge on any atom is 0.134 e. The van der Waals surface area contributed by atoms with Crippen LogP contribution in [0.1, 0.15) is 22.5 Å². The smallest absolute Gasteiger partial charge is 0.134 e. The summed E-state index contributed by atoms with van der Waals surface area (Å²) in [5.74, 6) is 1.28. The van der Waals surface area contributed by atoms with Gasteiger partial charge in [-0.2, -0.15) is 0 Å². The van der Waals surface area contributed by atoms with Crippen molar-refractivity contribution < 1.29 is 9.52 Å². The molecule has 31 heavy (non-hydrogen) atoms. The Hall–Kier alpha value is -3.08. The normalized spacial score (nSPS) is 15.5. The summed E-state index contributed by atoms with van der Waals surface area (Å²) in [6, 6.07) is 26.7. The van der Waals surface area contributed by atoms with Gasteiger partial charge >= 0.3 is 0 Å². The molecule has 4 nitrogen and oxygen atoms in total. The topological polar surface area (TPSA) is 39.9 Å². The SMILES string of the molecule is Oc1ccc2oc(Cc3ccccc3)cc2c1CN1CCN(Cc2ccccc2)CC1. The minimum absolute atomic E-state index is 0.353. The number of nitrogens with zero attached hydrogens (tertiary/aromatic N) is 2. The number of benzene rings is 3. The lowest BCUT2D eigenvalue weighted by atomic mass is 10.1. The molecule has 4 aromatic rings. The molecule has 0 bridgehead atoms. The highest BCUT2D eigenvalue weighted by molar-refractivity contribution is 5.84. The van der Waals surface area contributed by atoms with Gasteiger partial charge in [0.25, 0.3) is 0 Å². The molecule has 1 fully saturated rings. The van der Waals surface area contributed by atoms with E-state index in [4.69, 9.17) is 4.42 Å². The van der Waals surface area contributed by atoms with E-state index in [0.717, 1.165) is 68.0 Å². The molecule has 1 aromatic heterocycles. The van der Waals surface area contributed by atoms with Gasteiger partial charge in [-0.3, -0.25) is 9.80 Å². The van der Waals surface area contributed by atoms with Gasteiger partial charge in [0.05, 0.1) is 0 Å². The monoisotopic (exact) mass is 412 g/mol. The van der Waals surface area contributed by atoms with Gasteiger partial charge in [0.1, 0.15) is 17.1 Å². The van der Waals surface area contributed by atoms with Gasteiger partial charge in [-0.25, -0.2) is 0 Å². The fourth-order valence-electron chi connectivity index (χ4n) is 4.43. The summed E-state index contributed by atoms with van der Waals surface area (Å²) in [5, 5.41) is 11.6. The third kappa shape index (κ3) is 4.66. The summed E-state index contributed by atoms with van der Waals surface area (Å²) in [7, 11) is 0. The highest BCUT2D eigenvalue weighted by Crippen LogP contribution is 2.32. The van der Waals surface area contributed by atoms with Crippen LogP contribution in [0.2, 0.25) is 0 Å². The van der Waals surface area contributed by atoms with Gasteiger partial charge < -0.3 is 9.52 Å². The molecule has 1 saturated heterocycles. The van der Waals surface area contributed by atoms with Crippen molar-refractivity contribution in [2.75, 3.05) is 26.2 Å². The molecule has 1 aliphatic rings. The van der Waals surface area contributed by atoms with Crippen molar-refractivity contribution in [1.29, 1.82) is 0 Å². The van der Waals surface area contributed by atoms with Gasteiger partial charge in [0.15, 0.2) is 0 Å². The Bertz CT molecular complexity index is 1130. The molecular weight excluding hydrogens is 384 g/mol. The van der Waals surface area contributed by atoms with E-state index in [1.165, 1.54) is 11.1 Å². The molecule has 0 saturated carbocycles. The summed E-state index contributed by atoms with van der Waals surface area (Å²) in [6.07, 6.45) is 0.758. The lowest BCUT2D eigenvalue weighted by Gasteiger charge is -2.34. The zero-order valence-electron chi connectivity index (χ0n) is 17.7. The molecule has 0 radical (unpaired) electrons. The summed E-state index contributed by atoms with van der Waals surface area (Å²) >= 11 is 0. The van der Waals surface area contributed by atoms with E-state index in [0.29, 0.717) is 5.75 Å². The summed E-state index contributed by atoms with van der Waals surface area (Å²) in [6.45, 7) is 5.81. The summed E-state index contributed by atoms with van der Waals surface area (Å²) in [4.78, 5) is 4.93. The predicted molar refractivity (Wildman–Crippen MR) is 124 cm³/mol. The second-order valence-electron chi connectivity index (χ2n) is 8.39. The van der Waals surface area contributed by atoms with Crippen molar-refractivity contribution in [2.24, 2.45) is 0 Å². The number of furan rings is 1. The highest BCUT2D eigenvalue weighted by atomic mass is 16.3. The molecule has 0 unspecified atom stereocenters. The first-order valence-electron chi connectivity index (χ1n) is 11.0. The van der Waals surface area contributed by atoms with Gasteiger partial charge in [-0.05, 0) is 29.3 Å². The third-order valence-electron chi connectivity index (χ3n) is 6.16. The van der Waals surface area contributed by atoms with Crippen molar-refractivity contribution in [3.63, 3.8) is 0 Å². The molecule has 0 spiro atoms. The van der Waals surface area contributed by atoms with Crippen LogP contribution in [0.4, 0.5) is 0 Å². The highest BCUT2D eigenvalue weighted by Gasteiger charge is 2.20.